The molecule has 0 radical (unpaired) electrons. The highest BCUT2D eigenvalue weighted by Crippen LogP contribution is 2.32. The van der Waals surface area contributed by atoms with Gasteiger partial charge in [0.05, 0.1) is 0 Å². The number of halogens is 2. The maximum absolute atomic E-state index is 13.6. The zero-order valence-corrected chi connectivity index (χ0v) is 8.88. The molecule has 2 N–H and O–H groups in total. The van der Waals surface area contributed by atoms with Crippen molar-refractivity contribution in [3.05, 3.63) is 34.6 Å². The predicted molar refractivity (Wildman–Crippen MR) is 56.3 cm³/mol. The summed E-state index contributed by atoms with van der Waals surface area (Å²) in [6.07, 6.45) is 0. The largest absolute Gasteiger partial charge is 0.462 e. The van der Waals surface area contributed by atoms with Crippen LogP contribution in [-0.4, -0.2) is 12.6 Å². The van der Waals surface area contributed by atoms with Gasteiger partial charge in [-0.2, -0.15) is 0 Å². The van der Waals surface area contributed by atoms with Crippen molar-refractivity contribution in [2.24, 2.45) is 10.7 Å². The van der Waals surface area contributed by atoms with Gasteiger partial charge in [0.25, 0.3) is 6.02 Å². The van der Waals surface area contributed by atoms with Gasteiger partial charge in [-0.05, 0) is 25.1 Å². The predicted octanol–water partition coefficient (Wildman–Crippen LogP) is 2.04. The Kier molecular flexibility index (Phi) is 2.31. The van der Waals surface area contributed by atoms with E-state index in [0.717, 1.165) is 0 Å². The lowest BCUT2D eigenvalue weighted by Crippen LogP contribution is -2.22. The lowest BCUT2D eigenvalue weighted by atomic mass is 9.94. The standard InChI is InChI=1S/C10H10ClFN2O/c1-10(5-15-9(13)14-10)7-4-6(11)2-3-8(7)12/h2-4H,5H2,1H3,(H2,13,14)/t10-/m1/s1. The molecule has 15 heavy (non-hydrogen) atoms. The Balaban J connectivity index is 2.49. The molecule has 1 heterocycles. The molecule has 0 unspecified atom stereocenters. The summed E-state index contributed by atoms with van der Waals surface area (Å²) in [6.45, 7) is 1.98. The Morgan fingerprint density at radius 1 is 1.60 bits per heavy atom. The van der Waals surface area contributed by atoms with Crippen LogP contribution in [0.3, 0.4) is 0 Å². The normalized spacial score (nSPS) is 24.9. The van der Waals surface area contributed by atoms with Crippen molar-refractivity contribution in [3.8, 4) is 0 Å². The average molecular weight is 229 g/mol. The molecule has 5 heteroatoms. The van der Waals surface area contributed by atoms with E-state index >= 15 is 0 Å². The van der Waals surface area contributed by atoms with E-state index < -0.39 is 5.54 Å². The molecule has 0 saturated heterocycles. The molecule has 0 spiro atoms. The molecule has 3 nitrogen and oxygen atoms in total. The average Bonchev–Trinajstić information content (AvgIpc) is 2.52. The summed E-state index contributed by atoms with van der Waals surface area (Å²) in [4.78, 5) is 4.07. The number of aliphatic imine (C=N–C) groups is 1. The van der Waals surface area contributed by atoms with Crippen LogP contribution in [0.5, 0.6) is 0 Å². The molecule has 1 aromatic rings. The van der Waals surface area contributed by atoms with Gasteiger partial charge in [-0.3, -0.25) is 0 Å². The number of hydrogen-bond acceptors (Lipinski definition) is 3. The Morgan fingerprint density at radius 2 is 2.33 bits per heavy atom. The molecule has 1 aromatic carbocycles. The zero-order valence-electron chi connectivity index (χ0n) is 8.13. The molecule has 1 atom stereocenters. The van der Waals surface area contributed by atoms with Crippen LogP contribution < -0.4 is 5.73 Å². The summed E-state index contributed by atoms with van der Waals surface area (Å²) in [6, 6.07) is 4.43. The van der Waals surface area contributed by atoms with E-state index in [1.807, 2.05) is 0 Å². The van der Waals surface area contributed by atoms with Gasteiger partial charge in [0.1, 0.15) is 18.0 Å². The van der Waals surface area contributed by atoms with Gasteiger partial charge >= 0.3 is 0 Å². The third-order valence-corrected chi connectivity index (χ3v) is 2.60. The van der Waals surface area contributed by atoms with E-state index in [2.05, 4.69) is 4.99 Å². The highest BCUT2D eigenvalue weighted by molar-refractivity contribution is 6.30. The first kappa shape index (κ1) is 10.2. The van der Waals surface area contributed by atoms with Crippen molar-refractivity contribution in [3.63, 3.8) is 0 Å². The molecule has 0 bridgehead atoms. The van der Waals surface area contributed by atoms with E-state index in [1.165, 1.54) is 12.1 Å². The van der Waals surface area contributed by atoms with Crippen molar-refractivity contribution in [2.45, 2.75) is 12.5 Å². The third-order valence-electron chi connectivity index (χ3n) is 2.37. The number of nitrogens with two attached hydrogens (primary N) is 1. The third kappa shape index (κ3) is 1.77. The molecule has 1 aliphatic rings. The van der Waals surface area contributed by atoms with Gasteiger partial charge in [0.15, 0.2) is 0 Å². The Hall–Kier alpha value is -1.29. The molecular formula is C10H10ClFN2O. The van der Waals surface area contributed by atoms with Crippen LogP contribution in [0.4, 0.5) is 4.39 Å². The van der Waals surface area contributed by atoms with Gasteiger partial charge in [0, 0.05) is 10.6 Å². The lowest BCUT2D eigenvalue weighted by molar-refractivity contribution is 0.262. The Labute approximate surface area is 91.7 Å². The number of hydrogen-bond donors (Lipinski definition) is 1. The zero-order chi connectivity index (χ0) is 11.1. The Morgan fingerprint density at radius 3 is 2.93 bits per heavy atom. The fourth-order valence-electron chi connectivity index (χ4n) is 1.57. The van der Waals surface area contributed by atoms with Crippen LogP contribution in [0, 0.1) is 5.82 Å². The fraction of sp³-hybridized carbons (Fsp3) is 0.300. The summed E-state index contributed by atoms with van der Waals surface area (Å²) >= 11 is 5.81. The summed E-state index contributed by atoms with van der Waals surface area (Å²) in [5.74, 6) is -0.357. The minimum Gasteiger partial charge on any atom is -0.462 e. The molecule has 0 aromatic heterocycles. The highest BCUT2D eigenvalue weighted by Gasteiger charge is 2.35. The topological polar surface area (TPSA) is 47.6 Å². The van der Waals surface area contributed by atoms with Crippen molar-refractivity contribution >= 4 is 17.6 Å². The molecule has 80 valence electrons. The number of benzene rings is 1. The maximum Gasteiger partial charge on any atom is 0.283 e. The first-order chi connectivity index (χ1) is 7.01. The summed E-state index contributed by atoms with van der Waals surface area (Å²) in [5, 5.41) is 0.466. The number of nitrogens with zero attached hydrogens (tertiary/aromatic N) is 1. The minimum atomic E-state index is -0.779. The van der Waals surface area contributed by atoms with Gasteiger partial charge in [0.2, 0.25) is 0 Å². The molecular weight excluding hydrogens is 219 g/mol. The van der Waals surface area contributed by atoms with E-state index in [9.17, 15) is 4.39 Å². The smallest absolute Gasteiger partial charge is 0.283 e. The summed E-state index contributed by atoms with van der Waals surface area (Å²) in [5.41, 5.74) is 5.03. The lowest BCUT2D eigenvalue weighted by Gasteiger charge is -2.19. The maximum atomic E-state index is 13.6. The van der Waals surface area contributed by atoms with Crippen molar-refractivity contribution < 1.29 is 9.13 Å². The van der Waals surface area contributed by atoms with Crippen LogP contribution in [-0.2, 0) is 10.3 Å². The van der Waals surface area contributed by atoms with E-state index in [1.54, 1.807) is 13.0 Å². The van der Waals surface area contributed by atoms with Crippen LogP contribution in [0.25, 0.3) is 0 Å². The fourth-order valence-corrected chi connectivity index (χ4v) is 1.74. The monoisotopic (exact) mass is 228 g/mol. The van der Waals surface area contributed by atoms with Crippen LogP contribution >= 0.6 is 11.6 Å². The molecule has 0 fully saturated rings. The van der Waals surface area contributed by atoms with E-state index in [-0.39, 0.29) is 18.4 Å². The second-order valence-corrected chi connectivity index (χ2v) is 4.07. The highest BCUT2D eigenvalue weighted by atomic mass is 35.5. The van der Waals surface area contributed by atoms with Gasteiger partial charge in [-0.25, -0.2) is 9.38 Å². The molecule has 1 aliphatic heterocycles. The molecule has 0 amide bonds. The van der Waals surface area contributed by atoms with Gasteiger partial charge in [-0.1, -0.05) is 11.6 Å². The molecule has 0 aliphatic carbocycles. The number of amidine groups is 1. The summed E-state index contributed by atoms with van der Waals surface area (Å²) in [7, 11) is 0. The van der Waals surface area contributed by atoms with Crippen LogP contribution in [0.1, 0.15) is 12.5 Å². The van der Waals surface area contributed by atoms with Crippen LogP contribution in [0.2, 0.25) is 5.02 Å². The van der Waals surface area contributed by atoms with Gasteiger partial charge < -0.3 is 10.5 Å². The molecule has 0 saturated carbocycles. The first-order valence-electron chi connectivity index (χ1n) is 4.45. The SMILES string of the molecule is C[C@]1(c2cc(Cl)ccc2F)COC(N)=N1. The van der Waals surface area contributed by atoms with Gasteiger partial charge in [-0.15, -0.1) is 0 Å². The first-order valence-corrected chi connectivity index (χ1v) is 4.83. The van der Waals surface area contributed by atoms with Crippen molar-refractivity contribution in [1.82, 2.24) is 0 Å². The summed E-state index contributed by atoms with van der Waals surface area (Å²) < 4.78 is 18.6. The van der Waals surface area contributed by atoms with Crippen LogP contribution in [0.15, 0.2) is 23.2 Å². The molecule has 2 rings (SSSR count). The second-order valence-electron chi connectivity index (χ2n) is 3.64. The second kappa shape index (κ2) is 3.38. The van der Waals surface area contributed by atoms with E-state index in [4.69, 9.17) is 22.1 Å². The quantitative estimate of drug-likeness (QED) is 0.800. The minimum absolute atomic E-state index is 0.0804. The number of ether oxygens (including phenoxy) is 1. The van der Waals surface area contributed by atoms with E-state index in [0.29, 0.717) is 10.6 Å². The number of rotatable bonds is 1. The Bertz CT molecular complexity index is 435. The van der Waals surface area contributed by atoms with Crippen molar-refractivity contribution in [1.29, 1.82) is 0 Å². The van der Waals surface area contributed by atoms with Crippen molar-refractivity contribution in [2.75, 3.05) is 6.61 Å².